The summed E-state index contributed by atoms with van der Waals surface area (Å²) in [6, 6.07) is 5.26. The number of hydrogen-bond acceptors (Lipinski definition) is 3. The highest BCUT2D eigenvalue weighted by atomic mass is 35.5. The number of rotatable bonds is 5. The van der Waals surface area contributed by atoms with Crippen molar-refractivity contribution in [2.75, 3.05) is 11.5 Å². The number of nitrogen functional groups attached to an aromatic ring is 1. The van der Waals surface area contributed by atoms with Crippen LogP contribution in [0.25, 0.3) is 0 Å². The summed E-state index contributed by atoms with van der Waals surface area (Å²) in [4.78, 5) is 11.6. The largest absolute Gasteiger partial charge is 0.478 e. The molecular weight excluding hydrogens is 258 g/mol. The first kappa shape index (κ1) is 13.9. The lowest BCUT2D eigenvalue weighted by Crippen LogP contribution is -1.99. The van der Waals surface area contributed by atoms with Crippen molar-refractivity contribution >= 4 is 35.0 Å². The minimum Gasteiger partial charge on any atom is -0.478 e. The summed E-state index contributed by atoms with van der Waals surface area (Å²) in [5.41, 5.74) is 6.71. The standard InChI is InChI=1S/C12H14ClNO2S/c1-2-8(12(15)16)5-6-17-11-7-9(14)3-4-10(11)13/h3-5,7H,2,6,14H2,1H3,(H,15,16). The zero-order valence-electron chi connectivity index (χ0n) is 9.44. The maximum atomic E-state index is 10.8. The summed E-state index contributed by atoms with van der Waals surface area (Å²) in [5, 5.41) is 9.48. The summed E-state index contributed by atoms with van der Waals surface area (Å²) >= 11 is 7.47. The molecule has 0 aromatic heterocycles. The quantitative estimate of drug-likeness (QED) is 0.489. The van der Waals surface area contributed by atoms with Crippen LogP contribution in [0.1, 0.15) is 13.3 Å². The van der Waals surface area contributed by atoms with Gasteiger partial charge >= 0.3 is 5.97 Å². The molecular formula is C12H14ClNO2S. The molecule has 0 spiro atoms. The Morgan fingerprint density at radius 1 is 1.59 bits per heavy atom. The van der Waals surface area contributed by atoms with E-state index in [1.165, 1.54) is 11.8 Å². The first-order valence-corrected chi connectivity index (χ1v) is 6.51. The Kier molecular flexibility index (Phi) is 5.38. The van der Waals surface area contributed by atoms with Crippen molar-refractivity contribution in [1.82, 2.24) is 0 Å². The fourth-order valence-corrected chi connectivity index (χ4v) is 2.42. The molecule has 0 heterocycles. The molecule has 0 saturated heterocycles. The van der Waals surface area contributed by atoms with E-state index in [1.807, 2.05) is 6.92 Å². The molecule has 5 heteroatoms. The van der Waals surface area contributed by atoms with Crippen LogP contribution in [-0.4, -0.2) is 16.8 Å². The van der Waals surface area contributed by atoms with Gasteiger partial charge < -0.3 is 10.8 Å². The fraction of sp³-hybridized carbons (Fsp3) is 0.250. The van der Waals surface area contributed by atoms with E-state index in [0.29, 0.717) is 28.5 Å². The topological polar surface area (TPSA) is 63.3 Å². The molecule has 0 radical (unpaired) electrons. The molecule has 3 N–H and O–H groups in total. The van der Waals surface area contributed by atoms with Crippen LogP contribution >= 0.6 is 23.4 Å². The number of halogens is 1. The van der Waals surface area contributed by atoms with Gasteiger partial charge in [-0.15, -0.1) is 11.8 Å². The summed E-state index contributed by atoms with van der Waals surface area (Å²) < 4.78 is 0. The van der Waals surface area contributed by atoms with Crippen LogP contribution in [-0.2, 0) is 4.79 Å². The summed E-state index contributed by atoms with van der Waals surface area (Å²) in [5.74, 6) is -0.301. The monoisotopic (exact) mass is 271 g/mol. The zero-order chi connectivity index (χ0) is 12.8. The molecule has 0 unspecified atom stereocenters. The van der Waals surface area contributed by atoms with E-state index in [-0.39, 0.29) is 0 Å². The van der Waals surface area contributed by atoms with Crippen LogP contribution in [0.5, 0.6) is 0 Å². The highest BCUT2D eigenvalue weighted by molar-refractivity contribution is 7.99. The highest BCUT2D eigenvalue weighted by Gasteiger charge is 2.04. The molecule has 0 aliphatic carbocycles. The number of anilines is 1. The predicted molar refractivity (Wildman–Crippen MR) is 72.6 cm³/mol. The molecule has 0 saturated carbocycles. The van der Waals surface area contributed by atoms with E-state index in [0.717, 1.165) is 4.90 Å². The molecule has 0 bridgehead atoms. The molecule has 17 heavy (non-hydrogen) atoms. The van der Waals surface area contributed by atoms with Crippen molar-refractivity contribution in [3.05, 3.63) is 34.9 Å². The van der Waals surface area contributed by atoms with Gasteiger partial charge in [0.2, 0.25) is 0 Å². The van der Waals surface area contributed by atoms with Crippen molar-refractivity contribution in [2.24, 2.45) is 0 Å². The third kappa shape index (κ3) is 4.32. The van der Waals surface area contributed by atoms with Crippen molar-refractivity contribution in [3.8, 4) is 0 Å². The van der Waals surface area contributed by atoms with E-state index in [2.05, 4.69) is 0 Å². The Morgan fingerprint density at radius 3 is 2.88 bits per heavy atom. The molecule has 1 rings (SSSR count). The average Bonchev–Trinajstić information content (AvgIpc) is 2.28. The minimum atomic E-state index is -0.869. The summed E-state index contributed by atoms with van der Waals surface area (Å²) in [6.45, 7) is 1.82. The van der Waals surface area contributed by atoms with Crippen molar-refractivity contribution in [2.45, 2.75) is 18.2 Å². The lowest BCUT2D eigenvalue weighted by Gasteiger charge is -2.04. The van der Waals surface area contributed by atoms with E-state index in [9.17, 15) is 4.79 Å². The first-order chi connectivity index (χ1) is 8.04. The van der Waals surface area contributed by atoms with Gasteiger partial charge in [0, 0.05) is 21.9 Å². The molecule has 3 nitrogen and oxygen atoms in total. The Hall–Kier alpha value is -1.13. The molecule has 0 aliphatic heterocycles. The van der Waals surface area contributed by atoms with E-state index in [1.54, 1.807) is 24.3 Å². The van der Waals surface area contributed by atoms with Gasteiger partial charge in [-0.05, 0) is 24.6 Å². The average molecular weight is 272 g/mol. The maximum Gasteiger partial charge on any atom is 0.331 e. The molecule has 92 valence electrons. The number of carbonyl (C=O) groups is 1. The van der Waals surface area contributed by atoms with Gasteiger partial charge in [0.1, 0.15) is 0 Å². The minimum absolute atomic E-state index is 0.414. The third-order valence-electron chi connectivity index (χ3n) is 2.18. The second kappa shape index (κ2) is 6.57. The number of nitrogens with two attached hydrogens (primary N) is 1. The van der Waals surface area contributed by atoms with Gasteiger partial charge in [-0.2, -0.15) is 0 Å². The molecule has 0 amide bonds. The molecule has 1 aromatic rings. The van der Waals surface area contributed by atoms with Crippen molar-refractivity contribution < 1.29 is 9.90 Å². The van der Waals surface area contributed by atoms with E-state index >= 15 is 0 Å². The Bertz CT molecular complexity index is 446. The first-order valence-electron chi connectivity index (χ1n) is 5.14. The Balaban J connectivity index is 2.67. The van der Waals surface area contributed by atoms with Crippen LogP contribution in [0.3, 0.4) is 0 Å². The number of carboxylic acid groups (broad SMARTS) is 1. The number of benzene rings is 1. The number of hydrogen-bond donors (Lipinski definition) is 2. The van der Waals surface area contributed by atoms with Crippen LogP contribution < -0.4 is 5.73 Å². The van der Waals surface area contributed by atoms with Crippen LogP contribution in [0, 0.1) is 0 Å². The normalized spacial score (nSPS) is 11.5. The fourth-order valence-electron chi connectivity index (χ4n) is 1.25. The summed E-state index contributed by atoms with van der Waals surface area (Å²) in [7, 11) is 0. The zero-order valence-corrected chi connectivity index (χ0v) is 11.0. The third-order valence-corrected chi connectivity index (χ3v) is 3.60. The highest BCUT2D eigenvalue weighted by Crippen LogP contribution is 2.29. The van der Waals surface area contributed by atoms with E-state index < -0.39 is 5.97 Å². The van der Waals surface area contributed by atoms with Crippen molar-refractivity contribution in [1.29, 1.82) is 0 Å². The smallest absolute Gasteiger partial charge is 0.331 e. The van der Waals surface area contributed by atoms with Gasteiger partial charge in [-0.25, -0.2) is 4.79 Å². The lowest BCUT2D eigenvalue weighted by molar-refractivity contribution is -0.132. The maximum absolute atomic E-state index is 10.8. The molecule has 1 aromatic carbocycles. The van der Waals surface area contributed by atoms with Gasteiger partial charge in [-0.3, -0.25) is 0 Å². The van der Waals surface area contributed by atoms with Crippen LogP contribution in [0.15, 0.2) is 34.7 Å². The predicted octanol–water partition coefficient (Wildman–Crippen LogP) is 3.44. The Labute approximate surface area is 110 Å². The van der Waals surface area contributed by atoms with E-state index in [4.69, 9.17) is 22.4 Å². The van der Waals surface area contributed by atoms with Crippen LogP contribution in [0.2, 0.25) is 5.02 Å². The molecule has 0 fully saturated rings. The van der Waals surface area contributed by atoms with Gasteiger partial charge in [0.25, 0.3) is 0 Å². The van der Waals surface area contributed by atoms with Gasteiger partial charge in [0.05, 0.1) is 5.02 Å². The second-order valence-electron chi connectivity index (χ2n) is 3.39. The lowest BCUT2D eigenvalue weighted by atomic mass is 10.2. The molecule has 0 atom stereocenters. The number of thioether (sulfide) groups is 1. The Morgan fingerprint density at radius 2 is 2.29 bits per heavy atom. The number of aliphatic carboxylic acids is 1. The SMILES string of the molecule is CCC(=CCSc1cc(N)ccc1Cl)C(=O)O. The second-order valence-corrected chi connectivity index (χ2v) is 4.86. The number of carboxylic acids is 1. The molecule has 0 aliphatic rings. The van der Waals surface area contributed by atoms with Crippen LogP contribution in [0.4, 0.5) is 5.69 Å². The van der Waals surface area contributed by atoms with Crippen molar-refractivity contribution in [3.63, 3.8) is 0 Å². The van der Waals surface area contributed by atoms with Gasteiger partial charge in [0.15, 0.2) is 0 Å². The van der Waals surface area contributed by atoms with Gasteiger partial charge in [-0.1, -0.05) is 24.6 Å². The summed E-state index contributed by atoms with van der Waals surface area (Å²) in [6.07, 6.45) is 2.22.